The van der Waals surface area contributed by atoms with Crippen molar-refractivity contribution in [2.24, 2.45) is 0 Å². The van der Waals surface area contributed by atoms with Gasteiger partial charge in [-0.3, -0.25) is 0 Å². The van der Waals surface area contributed by atoms with Crippen LogP contribution in [0.25, 0.3) is 0 Å². The van der Waals surface area contributed by atoms with Crippen molar-refractivity contribution >= 4 is 5.69 Å². The molecule has 1 aliphatic rings. The number of piperidine rings is 1. The summed E-state index contributed by atoms with van der Waals surface area (Å²) in [7, 11) is 3.87. The third-order valence-corrected chi connectivity index (χ3v) is 3.79. The summed E-state index contributed by atoms with van der Waals surface area (Å²) in [6.07, 6.45) is 3.86. The molecule has 1 atom stereocenters. The third-order valence-electron chi connectivity index (χ3n) is 3.79. The summed E-state index contributed by atoms with van der Waals surface area (Å²) in [6, 6.07) is 8.20. The van der Waals surface area contributed by atoms with Gasteiger partial charge in [0, 0.05) is 19.1 Å². The molecule has 100 valence electrons. The number of likely N-dealkylation sites (N-methyl/N-ethyl adjacent to an activating group) is 1. The molecule has 1 fully saturated rings. The number of nitrogens with zero attached hydrogens (tertiary/aromatic N) is 1. The average molecular weight is 248 g/mol. The zero-order valence-electron chi connectivity index (χ0n) is 11.7. The maximum absolute atomic E-state index is 5.43. The van der Waals surface area contributed by atoms with E-state index in [1.54, 1.807) is 7.11 Å². The molecule has 0 saturated carbocycles. The average Bonchev–Trinajstić information content (AvgIpc) is 2.39. The van der Waals surface area contributed by atoms with Gasteiger partial charge in [0.15, 0.2) is 0 Å². The fourth-order valence-corrected chi connectivity index (χ4v) is 2.81. The van der Waals surface area contributed by atoms with Crippen LogP contribution in [0.15, 0.2) is 24.3 Å². The molecule has 1 unspecified atom stereocenters. The molecule has 2 rings (SSSR count). The highest BCUT2D eigenvalue weighted by atomic mass is 16.5. The SMILES string of the molecule is COc1ccccc1N(C)CC1(C)CCCCN1. The molecule has 1 heterocycles. The van der Waals surface area contributed by atoms with Crippen molar-refractivity contribution in [2.45, 2.75) is 31.7 Å². The van der Waals surface area contributed by atoms with E-state index in [1.165, 1.54) is 19.3 Å². The van der Waals surface area contributed by atoms with Gasteiger partial charge in [-0.15, -0.1) is 0 Å². The lowest BCUT2D eigenvalue weighted by Gasteiger charge is -2.39. The molecule has 0 amide bonds. The Labute approximate surface area is 110 Å². The Kier molecular flexibility index (Phi) is 4.12. The Bertz CT molecular complexity index is 386. The number of hydrogen-bond donors (Lipinski definition) is 1. The number of methoxy groups -OCH3 is 1. The lowest BCUT2D eigenvalue weighted by molar-refractivity contribution is 0.282. The molecule has 3 heteroatoms. The molecule has 1 aromatic carbocycles. The van der Waals surface area contributed by atoms with E-state index in [9.17, 15) is 0 Å². The summed E-state index contributed by atoms with van der Waals surface area (Å²) < 4.78 is 5.43. The minimum atomic E-state index is 0.216. The zero-order valence-corrected chi connectivity index (χ0v) is 11.7. The molecule has 0 bridgehead atoms. The van der Waals surface area contributed by atoms with E-state index in [2.05, 4.69) is 36.3 Å². The normalized spacial score (nSPS) is 23.7. The lowest BCUT2D eigenvalue weighted by Crippen LogP contribution is -2.53. The Morgan fingerprint density at radius 2 is 2.11 bits per heavy atom. The van der Waals surface area contributed by atoms with Crippen molar-refractivity contribution in [3.05, 3.63) is 24.3 Å². The molecule has 18 heavy (non-hydrogen) atoms. The number of para-hydroxylation sites is 2. The van der Waals surface area contributed by atoms with Gasteiger partial charge >= 0.3 is 0 Å². The zero-order chi connectivity index (χ0) is 13.0. The predicted octanol–water partition coefficient (Wildman–Crippen LogP) is 2.66. The fraction of sp³-hybridized carbons (Fsp3) is 0.600. The third kappa shape index (κ3) is 2.96. The van der Waals surface area contributed by atoms with Gasteiger partial charge in [-0.1, -0.05) is 18.6 Å². The summed E-state index contributed by atoms with van der Waals surface area (Å²) in [5, 5.41) is 3.65. The summed E-state index contributed by atoms with van der Waals surface area (Å²) in [5.41, 5.74) is 1.38. The van der Waals surface area contributed by atoms with Crippen LogP contribution in [0.4, 0.5) is 5.69 Å². The van der Waals surface area contributed by atoms with Crippen LogP contribution in [0.1, 0.15) is 26.2 Å². The second-order valence-corrected chi connectivity index (χ2v) is 5.47. The van der Waals surface area contributed by atoms with Gasteiger partial charge < -0.3 is 15.0 Å². The molecule has 1 saturated heterocycles. The highest BCUT2D eigenvalue weighted by Crippen LogP contribution is 2.29. The molecule has 0 spiro atoms. The maximum Gasteiger partial charge on any atom is 0.142 e. The van der Waals surface area contributed by atoms with Gasteiger partial charge in [0.2, 0.25) is 0 Å². The van der Waals surface area contributed by atoms with Crippen molar-refractivity contribution < 1.29 is 4.74 Å². The van der Waals surface area contributed by atoms with Crippen LogP contribution >= 0.6 is 0 Å². The first-order chi connectivity index (χ1) is 8.64. The first kappa shape index (κ1) is 13.2. The monoisotopic (exact) mass is 248 g/mol. The minimum absolute atomic E-state index is 0.216. The molecule has 0 radical (unpaired) electrons. The van der Waals surface area contributed by atoms with E-state index in [4.69, 9.17) is 4.74 Å². The van der Waals surface area contributed by atoms with Gasteiger partial charge in [-0.25, -0.2) is 0 Å². The second-order valence-electron chi connectivity index (χ2n) is 5.47. The smallest absolute Gasteiger partial charge is 0.142 e. The summed E-state index contributed by atoms with van der Waals surface area (Å²) in [4.78, 5) is 2.29. The Morgan fingerprint density at radius 1 is 1.33 bits per heavy atom. The van der Waals surface area contributed by atoms with E-state index in [-0.39, 0.29) is 5.54 Å². The number of hydrogen-bond acceptors (Lipinski definition) is 3. The summed E-state index contributed by atoms with van der Waals surface area (Å²) in [6.45, 7) is 4.46. The Balaban J connectivity index is 2.08. The first-order valence-electron chi connectivity index (χ1n) is 6.74. The fourth-order valence-electron chi connectivity index (χ4n) is 2.81. The highest BCUT2D eigenvalue weighted by Gasteiger charge is 2.28. The minimum Gasteiger partial charge on any atom is -0.495 e. The topological polar surface area (TPSA) is 24.5 Å². The van der Waals surface area contributed by atoms with E-state index in [1.807, 2.05) is 12.1 Å². The largest absolute Gasteiger partial charge is 0.495 e. The van der Waals surface area contributed by atoms with E-state index in [0.717, 1.165) is 24.5 Å². The van der Waals surface area contributed by atoms with Crippen LogP contribution in [-0.2, 0) is 0 Å². The van der Waals surface area contributed by atoms with Gasteiger partial charge in [0.05, 0.1) is 12.8 Å². The molecular formula is C15H24N2O. The van der Waals surface area contributed by atoms with Crippen LogP contribution in [0.5, 0.6) is 5.75 Å². The predicted molar refractivity (Wildman–Crippen MR) is 76.5 cm³/mol. The number of ether oxygens (including phenoxy) is 1. The van der Waals surface area contributed by atoms with Crippen molar-refractivity contribution in [3.63, 3.8) is 0 Å². The number of rotatable bonds is 4. The highest BCUT2D eigenvalue weighted by molar-refractivity contribution is 5.58. The first-order valence-corrected chi connectivity index (χ1v) is 6.74. The number of nitrogens with one attached hydrogen (secondary N) is 1. The Morgan fingerprint density at radius 3 is 2.78 bits per heavy atom. The molecule has 3 nitrogen and oxygen atoms in total. The molecule has 1 aromatic rings. The van der Waals surface area contributed by atoms with Crippen LogP contribution in [-0.4, -0.2) is 32.8 Å². The van der Waals surface area contributed by atoms with Gasteiger partial charge in [-0.2, -0.15) is 0 Å². The molecular weight excluding hydrogens is 224 g/mol. The second kappa shape index (κ2) is 5.61. The van der Waals surface area contributed by atoms with Crippen LogP contribution in [0.2, 0.25) is 0 Å². The molecule has 1 aliphatic heterocycles. The number of anilines is 1. The van der Waals surface area contributed by atoms with Gasteiger partial charge in [0.1, 0.15) is 5.75 Å². The molecule has 0 aliphatic carbocycles. The van der Waals surface area contributed by atoms with E-state index < -0.39 is 0 Å². The quantitative estimate of drug-likeness (QED) is 0.886. The summed E-state index contributed by atoms with van der Waals surface area (Å²) >= 11 is 0. The molecule has 0 aromatic heterocycles. The summed E-state index contributed by atoms with van der Waals surface area (Å²) in [5.74, 6) is 0.944. The standard InChI is InChI=1S/C15H24N2O/c1-15(10-6-7-11-16-15)12-17(2)13-8-4-5-9-14(13)18-3/h4-5,8-9,16H,6-7,10-12H2,1-3H3. The van der Waals surface area contributed by atoms with Crippen molar-refractivity contribution in [3.8, 4) is 5.75 Å². The van der Waals surface area contributed by atoms with Crippen molar-refractivity contribution in [2.75, 3.05) is 32.1 Å². The number of benzene rings is 1. The molecule has 1 N–H and O–H groups in total. The van der Waals surface area contributed by atoms with Crippen LogP contribution < -0.4 is 15.0 Å². The van der Waals surface area contributed by atoms with Crippen molar-refractivity contribution in [1.29, 1.82) is 0 Å². The Hall–Kier alpha value is -1.22. The van der Waals surface area contributed by atoms with Gasteiger partial charge in [0.25, 0.3) is 0 Å². The van der Waals surface area contributed by atoms with Crippen LogP contribution in [0, 0.1) is 0 Å². The van der Waals surface area contributed by atoms with Crippen LogP contribution in [0.3, 0.4) is 0 Å². The van der Waals surface area contributed by atoms with E-state index >= 15 is 0 Å². The lowest BCUT2D eigenvalue weighted by atomic mass is 9.90. The van der Waals surface area contributed by atoms with Gasteiger partial charge in [-0.05, 0) is 38.4 Å². The maximum atomic E-state index is 5.43. The van der Waals surface area contributed by atoms with Crippen molar-refractivity contribution in [1.82, 2.24) is 5.32 Å². The van der Waals surface area contributed by atoms with E-state index in [0.29, 0.717) is 0 Å².